The molecule has 1 heterocycles. The minimum absolute atomic E-state index is 0.189. The molecule has 6 heteroatoms. The summed E-state index contributed by atoms with van der Waals surface area (Å²) in [4.78, 5) is 26.1. The third-order valence-corrected chi connectivity index (χ3v) is 4.46. The Hall–Kier alpha value is -2.37. The summed E-state index contributed by atoms with van der Waals surface area (Å²) in [6.07, 6.45) is 0.190. The molecular weight excluding hydrogens is 328 g/mol. The molecule has 0 radical (unpaired) electrons. The van der Waals surface area contributed by atoms with Crippen molar-refractivity contribution in [3.63, 3.8) is 0 Å². The minimum atomic E-state index is -0.420. The zero-order valence-electron chi connectivity index (χ0n) is 13.2. The predicted octanol–water partition coefficient (Wildman–Crippen LogP) is 1.74. The smallest absolute Gasteiger partial charge is 0.292 e. The standard InChI is InChI=1S/C18H17ClN2O3/c1-24-14-8-6-13(7-9-14)21-17(22)10-16(18(21)23)20-11-12-4-2-3-5-15(12)19/h2-9,16,20H,10-11H2,1H3/p+1/t16-/m1/s1. The molecule has 1 aliphatic rings. The first kappa shape index (κ1) is 16.5. The molecule has 0 spiro atoms. The highest BCUT2D eigenvalue weighted by atomic mass is 35.5. The predicted molar refractivity (Wildman–Crippen MR) is 91.0 cm³/mol. The fourth-order valence-corrected chi connectivity index (χ4v) is 2.99. The van der Waals surface area contributed by atoms with Crippen LogP contribution in [0.4, 0.5) is 5.69 Å². The van der Waals surface area contributed by atoms with Gasteiger partial charge in [0.25, 0.3) is 5.91 Å². The molecule has 2 amide bonds. The fourth-order valence-electron chi connectivity index (χ4n) is 2.78. The topological polar surface area (TPSA) is 63.2 Å². The molecular formula is C18H18ClN2O3+. The molecule has 5 nitrogen and oxygen atoms in total. The van der Waals surface area contributed by atoms with E-state index in [1.165, 1.54) is 4.90 Å². The van der Waals surface area contributed by atoms with Gasteiger partial charge in [0.05, 0.1) is 19.2 Å². The summed E-state index contributed by atoms with van der Waals surface area (Å²) in [5.41, 5.74) is 1.52. The number of ether oxygens (including phenoxy) is 1. The molecule has 1 saturated heterocycles. The van der Waals surface area contributed by atoms with Gasteiger partial charge in [0.15, 0.2) is 6.04 Å². The summed E-state index contributed by atoms with van der Waals surface area (Å²) in [5, 5.41) is 2.53. The molecule has 1 aliphatic heterocycles. The van der Waals surface area contributed by atoms with Crippen molar-refractivity contribution < 1.29 is 19.6 Å². The molecule has 3 rings (SSSR count). The quantitative estimate of drug-likeness (QED) is 0.840. The fraction of sp³-hybridized carbons (Fsp3) is 0.222. The van der Waals surface area contributed by atoms with Gasteiger partial charge in [-0.15, -0.1) is 0 Å². The second kappa shape index (κ2) is 7.03. The van der Waals surface area contributed by atoms with E-state index >= 15 is 0 Å². The van der Waals surface area contributed by atoms with Gasteiger partial charge in [0, 0.05) is 10.6 Å². The maximum atomic E-state index is 12.6. The highest BCUT2D eigenvalue weighted by Gasteiger charge is 2.42. The number of anilines is 1. The van der Waals surface area contributed by atoms with E-state index in [1.54, 1.807) is 31.4 Å². The van der Waals surface area contributed by atoms with Gasteiger partial charge in [-0.2, -0.15) is 0 Å². The van der Waals surface area contributed by atoms with E-state index in [1.807, 2.05) is 29.6 Å². The Balaban J connectivity index is 1.70. The van der Waals surface area contributed by atoms with Crippen LogP contribution >= 0.6 is 11.6 Å². The molecule has 124 valence electrons. The number of rotatable bonds is 5. The molecule has 0 aliphatic carbocycles. The van der Waals surface area contributed by atoms with Crippen LogP contribution in [0.25, 0.3) is 0 Å². The molecule has 24 heavy (non-hydrogen) atoms. The van der Waals surface area contributed by atoms with E-state index in [-0.39, 0.29) is 18.2 Å². The van der Waals surface area contributed by atoms with Crippen LogP contribution < -0.4 is 15.0 Å². The second-order valence-electron chi connectivity index (χ2n) is 5.61. The van der Waals surface area contributed by atoms with Gasteiger partial charge in [-0.05, 0) is 30.3 Å². The molecule has 2 N–H and O–H groups in total. The average Bonchev–Trinajstić information content (AvgIpc) is 2.88. The zero-order chi connectivity index (χ0) is 17.1. The van der Waals surface area contributed by atoms with Crippen LogP contribution in [0.5, 0.6) is 5.75 Å². The summed E-state index contributed by atoms with van der Waals surface area (Å²) in [5.74, 6) is 0.294. The van der Waals surface area contributed by atoms with Gasteiger partial charge in [-0.25, -0.2) is 4.90 Å². The third-order valence-electron chi connectivity index (χ3n) is 4.09. The number of carbonyl (C=O) groups is 2. The van der Waals surface area contributed by atoms with E-state index in [9.17, 15) is 9.59 Å². The van der Waals surface area contributed by atoms with Gasteiger partial charge in [-0.3, -0.25) is 9.59 Å². The molecule has 0 bridgehead atoms. The number of quaternary nitrogens is 1. The zero-order valence-corrected chi connectivity index (χ0v) is 14.0. The maximum Gasteiger partial charge on any atom is 0.292 e. The highest BCUT2D eigenvalue weighted by molar-refractivity contribution is 6.31. The van der Waals surface area contributed by atoms with E-state index in [2.05, 4.69) is 0 Å². The Labute approximate surface area is 145 Å². The first-order valence-electron chi connectivity index (χ1n) is 7.67. The summed E-state index contributed by atoms with van der Waals surface area (Å²) in [6, 6.07) is 14.0. The van der Waals surface area contributed by atoms with Gasteiger partial charge >= 0.3 is 0 Å². The largest absolute Gasteiger partial charge is 0.497 e. The normalized spacial score (nSPS) is 17.4. The van der Waals surface area contributed by atoms with Crippen molar-refractivity contribution in [2.75, 3.05) is 12.0 Å². The van der Waals surface area contributed by atoms with Crippen LogP contribution in [0.2, 0.25) is 5.02 Å². The van der Waals surface area contributed by atoms with E-state index in [4.69, 9.17) is 16.3 Å². The molecule has 2 aromatic carbocycles. The summed E-state index contributed by atoms with van der Waals surface area (Å²) < 4.78 is 5.10. The number of amides is 2. The van der Waals surface area contributed by atoms with E-state index < -0.39 is 6.04 Å². The summed E-state index contributed by atoms with van der Waals surface area (Å²) in [6.45, 7) is 0.555. The van der Waals surface area contributed by atoms with Gasteiger partial charge in [-0.1, -0.05) is 29.8 Å². The van der Waals surface area contributed by atoms with Crippen molar-refractivity contribution in [3.05, 3.63) is 59.1 Å². The molecule has 0 saturated carbocycles. The van der Waals surface area contributed by atoms with Crippen LogP contribution in [0.3, 0.4) is 0 Å². The lowest BCUT2D eigenvalue weighted by Crippen LogP contribution is -2.90. The average molecular weight is 346 g/mol. The van der Waals surface area contributed by atoms with Crippen LogP contribution in [0, 0.1) is 0 Å². The molecule has 0 unspecified atom stereocenters. The summed E-state index contributed by atoms with van der Waals surface area (Å²) in [7, 11) is 1.57. The number of hydrogen-bond donors (Lipinski definition) is 1. The minimum Gasteiger partial charge on any atom is -0.497 e. The summed E-state index contributed by atoms with van der Waals surface area (Å²) >= 11 is 6.13. The highest BCUT2D eigenvalue weighted by Crippen LogP contribution is 2.24. The number of benzene rings is 2. The van der Waals surface area contributed by atoms with Crippen molar-refractivity contribution >= 4 is 29.1 Å². The first-order chi connectivity index (χ1) is 11.6. The first-order valence-corrected chi connectivity index (χ1v) is 8.05. The second-order valence-corrected chi connectivity index (χ2v) is 6.01. The monoisotopic (exact) mass is 345 g/mol. The van der Waals surface area contributed by atoms with Crippen molar-refractivity contribution in [1.82, 2.24) is 0 Å². The number of halogens is 1. The van der Waals surface area contributed by atoms with Crippen LogP contribution in [-0.2, 0) is 16.1 Å². The number of nitrogens with two attached hydrogens (primary N) is 1. The Bertz CT molecular complexity index is 761. The Morgan fingerprint density at radius 1 is 1.17 bits per heavy atom. The Kier molecular flexibility index (Phi) is 4.83. The molecule has 0 aromatic heterocycles. The lowest BCUT2D eigenvalue weighted by atomic mass is 10.2. The van der Waals surface area contributed by atoms with E-state index in [0.717, 1.165) is 5.56 Å². The number of carbonyl (C=O) groups excluding carboxylic acids is 2. The van der Waals surface area contributed by atoms with Crippen LogP contribution in [0.1, 0.15) is 12.0 Å². The maximum absolute atomic E-state index is 12.6. The third kappa shape index (κ3) is 3.27. The Morgan fingerprint density at radius 3 is 2.54 bits per heavy atom. The van der Waals surface area contributed by atoms with Gasteiger partial charge in [0.1, 0.15) is 12.3 Å². The van der Waals surface area contributed by atoms with Crippen LogP contribution in [0.15, 0.2) is 48.5 Å². The molecule has 1 fully saturated rings. The van der Waals surface area contributed by atoms with Gasteiger partial charge < -0.3 is 10.1 Å². The lowest BCUT2D eigenvalue weighted by molar-refractivity contribution is -0.690. The molecule has 1 atom stereocenters. The van der Waals surface area contributed by atoms with Crippen molar-refractivity contribution in [3.8, 4) is 5.75 Å². The van der Waals surface area contributed by atoms with Crippen molar-refractivity contribution in [2.24, 2.45) is 0 Å². The lowest BCUT2D eigenvalue weighted by Gasteiger charge is -2.14. The van der Waals surface area contributed by atoms with Crippen molar-refractivity contribution in [2.45, 2.75) is 19.0 Å². The molecule has 2 aromatic rings. The van der Waals surface area contributed by atoms with E-state index in [0.29, 0.717) is 23.0 Å². The Morgan fingerprint density at radius 2 is 1.88 bits per heavy atom. The number of hydrogen-bond acceptors (Lipinski definition) is 3. The number of methoxy groups -OCH3 is 1. The number of imide groups is 1. The SMILES string of the molecule is COc1ccc(N2C(=O)C[C@@H]([NH2+]Cc3ccccc3Cl)C2=O)cc1. The van der Waals surface area contributed by atoms with Crippen molar-refractivity contribution in [1.29, 1.82) is 0 Å². The van der Waals surface area contributed by atoms with Gasteiger partial charge in [0.2, 0.25) is 5.91 Å². The number of nitrogens with zero attached hydrogens (tertiary/aromatic N) is 1. The van der Waals surface area contributed by atoms with Crippen LogP contribution in [-0.4, -0.2) is 25.0 Å².